The number of benzene rings is 1. The van der Waals surface area contributed by atoms with E-state index >= 15 is 0 Å². The maximum absolute atomic E-state index is 12.5. The number of nitrogens with one attached hydrogen (secondary N) is 2. The molecular weight excluding hydrogens is 229 g/mol. The molecule has 1 heterocycles. The van der Waals surface area contributed by atoms with E-state index in [1.165, 1.54) is 25.0 Å². The van der Waals surface area contributed by atoms with Crippen LogP contribution in [0.5, 0.6) is 0 Å². The average molecular weight is 242 g/mol. The number of fused-ring (bicyclic) bond motifs is 1. The molecule has 0 radical (unpaired) electrons. The minimum absolute atomic E-state index is 0.360. The van der Waals surface area contributed by atoms with Crippen LogP contribution in [0.1, 0.15) is 18.4 Å². The fourth-order valence-electron chi connectivity index (χ4n) is 2.25. The highest BCUT2D eigenvalue weighted by molar-refractivity contribution is 5.72. The first-order valence-electron chi connectivity index (χ1n) is 5.76. The van der Waals surface area contributed by atoms with E-state index in [2.05, 4.69) is 10.6 Å². The van der Waals surface area contributed by atoms with Gasteiger partial charge in [-0.15, -0.1) is 0 Å². The Morgan fingerprint density at radius 1 is 1.12 bits per heavy atom. The summed E-state index contributed by atoms with van der Waals surface area (Å²) < 4.78 is 37.6. The molecule has 1 atom stereocenters. The van der Waals surface area contributed by atoms with Crippen molar-refractivity contribution in [2.45, 2.75) is 25.1 Å². The van der Waals surface area contributed by atoms with Crippen LogP contribution in [0.4, 0.5) is 24.5 Å². The van der Waals surface area contributed by atoms with Crippen molar-refractivity contribution < 1.29 is 13.2 Å². The molecule has 1 aliphatic heterocycles. The highest BCUT2D eigenvalue weighted by Crippen LogP contribution is 2.40. The van der Waals surface area contributed by atoms with E-state index in [0.29, 0.717) is 24.2 Å². The van der Waals surface area contributed by atoms with E-state index in [1.54, 1.807) is 0 Å². The molecule has 0 bridgehead atoms. The van der Waals surface area contributed by atoms with E-state index < -0.39 is 11.7 Å². The maximum Gasteiger partial charge on any atom is 0.416 e. The second kappa shape index (κ2) is 3.55. The summed E-state index contributed by atoms with van der Waals surface area (Å²) in [6, 6.07) is 4.17. The lowest BCUT2D eigenvalue weighted by Gasteiger charge is -2.29. The van der Waals surface area contributed by atoms with Gasteiger partial charge in [0.05, 0.1) is 16.9 Å². The largest absolute Gasteiger partial charge is 0.416 e. The monoisotopic (exact) mass is 242 g/mol. The molecule has 0 spiro atoms. The molecular formula is C12H13F3N2. The molecule has 1 unspecified atom stereocenters. The van der Waals surface area contributed by atoms with Crippen LogP contribution in [0.25, 0.3) is 0 Å². The van der Waals surface area contributed by atoms with Crippen molar-refractivity contribution in [2.75, 3.05) is 17.2 Å². The molecule has 0 aromatic heterocycles. The van der Waals surface area contributed by atoms with Gasteiger partial charge in [0.15, 0.2) is 0 Å². The fraction of sp³-hybridized carbons (Fsp3) is 0.500. The Morgan fingerprint density at radius 2 is 1.88 bits per heavy atom. The summed E-state index contributed by atoms with van der Waals surface area (Å²) in [6.07, 6.45) is -1.84. The quantitative estimate of drug-likeness (QED) is 0.789. The van der Waals surface area contributed by atoms with E-state index in [9.17, 15) is 13.2 Å². The van der Waals surface area contributed by atoms with Gasteiger partial charge in [0.1, 0.15) is 0 Å². The molecule has 2 aliphatic rings. The van der Waals surface area contributed by atoms with Crippen LogP contribution in [0, 0.1) is 5.92 Å². The van der Waals surface area contributed by atoms with Crippen LogP contribution in [-0.4, -0.2) is 12.6 Å². The molecule has 1 aromatic rings. The van der Waals surface area contributed by atoms with Crippen molar-refractivity contribution >= 4 is 11.4 Å². The first kappa shape index (κ1) is 10.7. The highest BCUT2D eigenvalue weighted by atomic mass is 19.4. The molecule has 17 heavy (non-hydrogen) atoms. The van der Waals surface area contributed by atoms with Gasteiger partial charge in [0.25, 0.3) is 0 Å². The van der Waals surface area contributed by atoms with Gasteiger partial charge in [-0.2, -0.15) is 13.2 Å². The molecule has 1 saturated carbocycles. The number of halogens is 3. The van der Waals surface area contributed by atoms with Gasteiger partial charge < -0.3 is 10.6 Å². The zero-order valence-corrected chi connectivity index (χ0v) is 9.14. The second-order valence-corrected chi connectivity index (χ2v) is 4.73. The molecule has 1 aromatic carbocycles. The zero-order chi connectivity index (χ0) is 12.0. The molecule has 1 aliphatic carbocycles. The molecule has 2 nitrogen and oxygen atoms in total. The third-order valence-corrected chi connectivity index (χ3v) is 3.39. The Kier molecular flexibility index (Phi) is 2.24. The minimum atomic E-state index is -4.27. The van der Waals surface area contributed by atoms with E-state index in [4.69, 9.17) is 0 Å². The highest BCUT2D eigenvalue weighted by Gasteiger charge is 2.35. The van der Waals surface area contributed by atoms with Gasteiger partial charge >= 0.3 is 6.18 Å². The lowest BCUT2D eigenvalue weighted by molar-refractivity contribution is -0.137. The smallest absolute Gasteiger partial charge is 0.381 e. The first-order chi connectivity index (χ1) is 8.04. The molecule has 2 N–H and O–H groups in total. The molecule has 3 rings (SSSR count). The normalized spacial score (nSPS) is 23.6. The van der Waals surface area contributed by atoms with Crippen molar-refractivity contribution in [3.8, 4) is 0 Å². The Balaban J connectivity index is 1.85. The van der Waals surface area contributed by atoms with Crippen molar-refractivity contribution in [1.82, 2.24) is 0 Å². The number of hydrogen-bond acceptors (Lipinski definition) is 2. The standard InChI is InChI=1S/C12H13F3N2/c13-12(14,15)8-3-4-9-10(5-8)16-6-11(17-9)7-1-2-7/h3-5,7,11,16-17H,1-2,6H2. The van der Waals surface area contributed by atoms with Crippen molar-refractivity contribution in [2.24, 2.45) is 5.92 Å². The number of hydrogen-bond donors (Lipinski definition) is 2. The van der Waals surface area contributed by atoms with E-state index in [0.717, 1.165) is 11.8 Å². The molecule has 5 heteroatoms. The number of anilines is 2. The van der Waals surface area contributed by atoms with Gasteiger partial charge in [-0.1, -0.05) is 0 Å². The van der Waals surface area contributed by atoms with E-state index in [-0.39, 0.29) is 0 Å². The molecule has 0 amide bonds. The van der Waals surface area contributed by atoms with Gasteiger partial charge in [0, 0.05) is 12.6 Å². The summed E-state index contributed by atoms with van der Waals surface area (Å²) in [5, 5.41) is 6.39. The van der Waals surface area contributed by atoms with Gasteiger partial charge in [0.2, 0.25) is 0 Å². The zero-order valence-electron chi connectivity index (χ0n) is 9.14. The SMILES string of the molecule is FC(F)(F)c1ccc2c(c1)NCC(C1CC1)N2. The Hall–Kier alpha value is -1.39. The lowest BCUT2D eigenvalue weighted by Crippen LogP contribution is -2.34. The second-order valence-electron chi connectivity index (χ2n) is 4.73. The van der Waals surface area contributed by atoms with Gasteiger partial charge in [-0.25, -0.2) is 0 Å². The van der Waals surface area contributed by atoms with Crippen LogP contribution in [0.2, 0.25) is 0 Å². The Labute approximate surface area is 97.2 Å². The summed E-state index contributed by atoms with van der Waals surface area (Å²) in [6.45, 7) is 0.707. The predicted octanol–water partition coefficient (Wildman–Crippen LogP) is 3.32. The third kappa shape index (κ3) is 2.06. The third-order valence-electron chi connectivity index (χ3n) is 3.39. The first-order valence-corrected chi connectivity index (χ1v) is 5.76. The number of rotatable bonds is 1. The van der Waals surface area contributed by atoms with Crippen LogP contribution >= 0.6 is 0 Å². The van der Waals surface area contributed by atoms with Crippen LogP contribution in [0.15, 0.2) is 18.2 Å². The predicted molar refractivity (Wildman–Crippen MR) is 60.1 cm³/mol. The summed E-state index contributed by atoms with van der Waals surface area (Å²) >= 11 is 0. The van der Waals surface area contributed by atoms with Crippen molar-refractivity contribution in [1.29, 1.82) is 0 Å². The summed E-state index contributed by atoms with van der Waals surface area (Å²) in [4.78, 5) is 0. The summed E-state index contributed by atoms with van der Waals surface area (Å²) in [5.74, 6) is 0.679. The van der Waals surface area contributed by atoms with Crippen LogP contribution in [-0.2, 0) is 6.18 Å². The summed E-state index contributed by atoms with van der Waals surface area (Å²) in [7, 11) is 0. The Morgan fingerprint density at radius 3 is 2.53 bits per heavy atom. The Bertz CT molecular complexity index is 438. The maximum atomic E-state index is 12.5. The van der Waals surface area contributed by atoms with Gasteiger partial charge in [-0.3, -0.25) is 0 Å². The van der Waals surface area contributed by atoms with Crippen LogP contribution < -0.4 is 10.6 Å². The number of alkyl halides is 3. The van der Waals surface area contributed by atoms with Crippen LogP contribution in [0.3, 0.4) is 0 Å². The average Bonchev–Trinajstić information content (AvgIpc) is 3.10. The molecule has 1 fully saturated rings. The minimum Gasteiger partial charge on any atom is -0.381 e. The topological polar surface area (TPSA) is 24.1 Å². The fourth-order valence-corrected chi connectivity index (χ4v) is 2.25. The molecule has 92 valence electrons. The molecule has 0 saturated heterocycles. The summed E-state index contributed by atoms with van der Waals surface area (Å²) in [5.41, 5.74) is 0.730. The van der Waals surface area contributed by atoms with Gasteiger partial charge in [-0.05, 0) is 37.0 Å². The van der Waals surface area contributed by atoms with E-state index in [1.807, 2.05) is 0 Å². The van der Waals surface area contributed by atoms with Crippen molar-refractivity contribution in [3.63, 3.8) is 0 Å². The lowest BCUT2D eigenvalue weighted by atomic mass is 10.1. The van der Waals surface area contributed by atoms with Crippen molar-refractivity contribution in [3.05, 3.63) is 23.8 Å².